The van der Waals surface area contributed by atoms with Gasteiger partial charge >= 0.3 is 0 Å². The molecule has 0 fully saturated rings. The van der Waals surface area contributed by atoms with Crippen LogP contribution in [0.5, 0.6) is 0 Å². The van der Waals surface area contributed by atoms with Crippen LogP contribution >= 0.6 is 34.5 Å². The van der Waals surface area contributed by atoms with E-state index in [0.29, 0.717) is 20.6 Å². The molecular weight excluding hydrogens is 447 g/mol. The van der Waals surface area contributed by atoms with Crippen LogP contribution in [0.1, 0.15) is 40.2 Å². The Morgan fingerprint density at radius 1 is 0.967 bits per heavy atom. The number of thiophene rings is 1. The molecule has 0 aliphatic rings. The summed E-state index contributed by atoms with van der Waals surface area (Å²) >= 11 is 13.1. The maximum absolute atomic E-state index is 12.2. The summed E-state index contributed by atoms with van der Waals surface area (Å²) in [4.78, 5) is 51.3. The number of aryl methyl sites for hydroxylation is 1. The number of rotatable bonds is 10. The monoisotopic (exact) mass is 468 g/mol. The van der Waals surface area contributed by atoms with Crippen molar-refractivity contribution in [1.29, 1.82) is 0 Å². The number of benzene rings is 1. The van der Waals surface area contributed by atoms with Crippen LogP contribution in [0.3, 0.4) is 0 Å². The minimum atomic E-state index is -0.396. The summed E-state index contributed by atoms with van der Waals surface area (Å²) in [5, 5.41) is 3.32. The van der Waals surface area contributed by atoms with E-state index >= 15 is 0 Å². The number of amides is 2. The fourth-order valence-electron chi connectivity index (χ4n) is 2.60. The van der Waals surface area contributed by atoms with E-state index in [1.165, 1.54) is 29.4 Å². The summed E-state index contributed by atoms with van der Waals surface area (Å²) in [7, 11) is 1.49. The molecule has 9 heteroatoms. The average molecular weight is 469 g/mol. The number of carbonyl (C=O) groups is 4. The molecule has 0 bridgehead atoms. The van der Waals surface area contributed by atoms with Gasteiger partial charge < -0.3 is 10.2 Å². The van der Waals surface area contributed by atoms with E-state index in [1.807, 2.05) is 13.0 Å². The maximum Gasteiger partial charge on any atom is 0.243 e. The number of hydrogen-bond donors (Lipinski definition) is 1. The van der Waals surface area contributed by atoms with Crippen molar-refractivity contribution < 1.29 is 19.2 Å². The normalized spacial score (nSPS) is 10.5. The van der Waals surface area contributed by atoms with Gasteiger partial charge in [-0.15, -0.1) is 11.3 Å². The molecule has 0 saturated heterocycles. The molecular formula is C21H22Cl2N2O4S. The lowest BCUT2D eigenvalue weighted by Crippen LogP contribution is -2.35. The van der Waals surface area contributed by atoms with Crippen molar-refractivity contribution in [3.63, 3.8) is 0 Å². The Kier molecular flexibility index (Phi) is 9.02. The van der Waals surface area contributed by atoms with Gasteiger partial charge in [-0.1, -0.05) is 23.2 Å². The summed E-state index contributed by atoms with van der Waals surface area (Å²) in [5.41, 5.74) is 0.469. The number of carbonyl (C=O) groups excluding carboxylic acids is 4. The number of likely N-dealkylation sites (N-methyl/N-ethyl adjacent to an activating group) is 1. The maximum atomic E-state index is 12.2. The first-order valence-electron chi connectivity index (χ1n) is 9.26. The van der Waals surface area contributed by atoms with Crippen molar-refractivity contribution in [1.82, 2.24) is 4.90 Å². The van der Waals surface area contributed by atoms with Gasteiger partial charge in [0, 0.05) is 43.3 Å². The standard InChI is InChI=1S/C21H22Cl2N2O4S/c1-13-3-9-19(30-13)18(27)8-5-15(26)6-10-21(29)25(2)12-20(28)24-14-4-7-16(22)17(23)11-14/h3-4,7,9,11H,5-6,8,10,12H2,1-2H3,(H,24,28). The van der Waals surface area contributed by atoms with E-state index < -0.39 is 5.91 Å². The fraction of sp³-hybridized carbons (Fsp3) is 0.333. The lowest BCUT2D eigenvalue weighted by Gasteiger charge is -2.16. The Bertz CT molecular complexity index is 958. The third kappa shape index (κ3) is 7.55. The molecule has 2 amide bonds. The molecule has 1 aromatic carbocycles. The van der Waals surface area contributed by atoms with Crippen molar-refractivity contribution in [2.24, 2.45) is 0 Å². The molecule has 160 valence electrons. The van der Waals surface area contributed by atoms with Gasteiger partial charge in [0.25, 0.3) is 0 Å². The van der Waals surface area contributed by atoms with E-state index in [2.05, 4.69) is 5.32 Å². The first kappa shape index (κ1) is 24.1. The molecule has 1 N–H and O–H groups in total. The van der Waals surface area contributed by atoms with Gasteiger partial charge in [0.1, 0.15) is 5.78 Å². The lowest BCUT2D eigenvalue weighted by molar-refractivity contribution is -0.134. The van der Waals surface area contributed by atoms with Crippen LogP contribution in [0.15, 0.2) is 30.3 Å². The van der Waals surface area contributed by atoms with Gasteiger partial charge in [-0.05, 0) is 37.3 Å². The third-order valence-electron chi connectivity index (χ3n) is 4.27. The predicted molar refractivity (Wildman–Crippen MR) is 120 cm³/mol. The Labute approximate surface area is 189 Å². The number of nitrogens with one attached hydrogen (secondary N) is 1. The summed E-state index contributed by atoms with van der Waals surface area (Å²) in [5.74, 6) is -0.942. The average Bonchev–Trinajstić information content (AvgIpc) is 3.13. The second kappa shape index (κ2) is 11.2. The second-order valence-corrected chi connectivity index (χ2v) is 8.90. The van der Waals surface area contributed by atoms with Gasteiger partial charge in [-0.3, -0.25) is 19.2 Å². The first-order valence-corrected chi connectivity index (χ1v) is 10.8. The highest BCUT2D eigenvalue weighted by Crippen LogP contribution is 2.25. The van der Waals surface area contributed by atoms with Crippen LogP contribution in [-0.4, -0.2) is 41.9 Å². The molecule has 6 nitrogen and oxygen atoms in total. The highest BCUT2D eigenvalue weighted by atomic mass is 35.5. The fourth-order valence-corrected chi connectivity index (χ4v) is 3.73. The van der Waals surface area contributed by atoms with Gasteiger partial charge in [-0.2, -0.15) is 0 Å². The molecule has 0 radical (unpaired) electrons. The number of halogens is 2. The molecule has 0 aliphatic heterocycles. The number of ketones is 2. The van der Waals surface area contributed by atoms with Crippen LogP contribution in [0, 0.1) is 6.92 Å². The molecule has 0 unspecified atom stereocenters. The zero-order valence-electron chi connectivity index (χ0n) is 16.7. The van der Waals surface area contributed by atoms with E-state index in [9.17, 15) is 19.2 Å². The van der Waals surface area contributed by atoms with E-state index in [-0.39, 0.29) is 49.7 Å². The quantitative estimate of drug-likeness (QED) is 0.508. The largest absolute Gasteiger partial charge is 0.336 e. The minimum Gasteiger partial charge on any atom is -0.336 e. The second-order valence-electron chi connectivity index (χ2n) is 6.80. The smallest absolute Gasteiger partial charge is 0.243 e. The summed E-state index contributed by atoms with van der Waals surface area (Å²) in [6.07, 6.45) is 0.259. The Morgan fingerprint density at radius 2 is 1.67 bits per heavy atom. The van der Waals surface area contributed by atoms with Crippen LogP contribution in [0.25, 0.3) is 0 Å². The lowest BCUT2D eigenvalue weighted by atomic mass is 10.1. The highest BCUT2D eigenvalue weighted by Gasteiger charge is 2.16. The molecule has 0 aliphatic carbocycles. The van der Waals surface area contributed by atoms with Crippen LogP contribution in [0.4, 0.5) is 5.69 Å². The molecule has 1 aromatic heterocycles. The summed E-state index contributed by atoms with van der Waals surface area (Å²) < 4.78 is 0. The van der Waals surface area contributed by atoms with Crippen LogP contribution in [-0.2, 0) is 14.4 Å². The minimum absolute atomic E-state index is 0.0122. The van der Waals surface area contributed by atoms with E-state index in [1.54, 1.807) is 18.2 Å². The summed E-state index contributed by atoms with van der Waals surface area (Å²) in [6.45, 7) is 1.75. The molecule has 2 rings (SSSR count). The molecule has 2 aromatic rings. The SMILES string of the molecule is Cc1ccc(C(=O)CCC(=O)CCC(=O)N(C)CC(=O)Nc2ccc(Cl)c(Cl)c2)s1. The van der Waals surface area contributed by atoms with Crippen LogP contribution in [0.2, 0.25) is 10.0 Å². The number of Topliss-reactive ketones (excluding diaryl/α,β-unsaturated/α-hetero) is 2. The number of nitrogens with zero attached hydrogens (tertiary/aromatic N) is 1. The number of hydrogen-bond acceptors (Lipinski definition) is 5. The zero-order chi connectivity index (χ0) is 22.3. The Hall–Kier alpha value is -2.22. The number of anilines is 1. The third-order valence-corrected chi connectivity index (χ3v) is 6.05. The Balaban J connectivity index is 1.71. The van der Waals surface area contributed by atoms with E-state index in [4.69, 9.17) is 23.2 Å². The molecule has 1 heterocycles. The molecule has 0 spiro atoms. The van der Waals surface area contributed by atoms with Gasteiger partial charge in [0.15, 0.2) is 5.78 Å². The predicted octanol–water partition coefficient (Wildman–Crippen LogP) is 4.77. The van der Waals surface area contributed by atoms with Crippen molar-refractivity contribution in [3.05, 3.63) is 50.1 Å². The van der Waals surface area contributed by atoms with Crippen molar-refractivity contribution in [2.75, 3.05) is 18.9 Å². The van der Waals surface area contributed by atoms with Gasteiger partial charge in [0.05, 0.1) is 21.5 Å². The van der Waals surface area contributed by atoms with Gasteiger partial charge in [-0.25, -0.2) is 0 Å². The van der Waals surface area contributed by atoms with Crippen LogP contribution < -0.4 is 5.32 Å². The summed E-state index contributed by atoms with van der Waals surface area (Å²) in [6, 6.07) is 8.30. The zero-order valence-corrected chi connectivity index (χ0v) is 19.0. The topological polar surface area (TPSA) is 83.6 Å². The molecule has 30 heavy (non-hydrogen) atoms. The van der Waals surface area contributed by atoms with Crippen molar-refractivity contribution >= 4 is 63.6 Å². The van der Waals surface area contributed by atoms with Gasteiger partial charge in [0.2, 0.25) is 11.8 Å². The Morgan fingerprint density at radius 3 is 2.30 bits per heavy atom. The first-order chi connectivity index (χ1) is 14.2. The molecule has 0 atom stereocenters. The van der Waals surface area contributed by atoms with Crippen molar-refractivity contribution in [3.8, 4) is 0 Å². The van der Waals surface area contributed by atoms with Crippen molar-refractivity contribution in [2.45, 2.75) is 32.6 Å². The van der Waals surface area contributed by atoms with E-state index in [0.717, 1.165) is 4.88 Å². The molecule has 0 saturated carbocycles. The highest BCUT2D eigenvalue weighted by molar-refractivity contribution is 7.14.